The number of ether oxygens (including phenoxy) is 2. The Morgan fingerprint density at radius 2 is 1.88 bits per heavy atom. The van der Waals surface area contributed by atoms with Gasteiger partial charge in [0, 0.05) is 6.07 Å². The number of benzene rings is 2. The molecule has 0 saturated carbocycles. The van der Waals surface area contributed by atoms with E-state index in [4.69, 9.17) is 13.9 Å². The number of Topliss-reactive ketones (excluding diaryl/α,β-unsaturated/α-hetero) is 1. The molecule has 0 aliphatic carbocycles. The van der Waals surface area contributed by atoms with Crippen LogP contribution in [-0.2, 0) is 16.1 Å². The van der Waals surface area contributed by atoms with E-state index in [-0.39, 0.29) is 17.9 Å². The van der Waals surface area contributed by atoms with Crippen LogP contribution in [0.2, 0.25) is 0 Å². The molecule has 0 spiro atoms. The number of carbonyl (C=O) groups is 2. The van der Waals surface area contributed by atoms with Crippen molar-refractivity contribution in [1.29, 1.82) is 0 Å². The molecule has 2 aromatic carbocycles. The summed E-state index contributed by atoms with van der Waals surface area (Å²) in [5.41, 5.74) is 1.97. The van der Waals surface area contributed by atoms with Gasteiger partial charge in [0.05, 0.1) is 44.2 Å². The number of rotatable bonds is 6. The van der Waals surface area contributed by atoms with Crippen molar-refractivity contribution in [2.24, 2.45) is 0 Å². The number of aliphatic hydroxyl groups excluding tert-OH is 1. The number of nitrogens with zero attached hydrogens (tertiary/aromatic N) is 1. The van der Waals surface area contributed by atoms with E-state index in [1.165, 1.54) is 25.4 Å². The predicted molar refractivity (Wildman–Crippen MR) is 117 cm³/mol. The van der Waals surface area contributed by atoms with Crippen molar-refractivity contribution >= 4 is 17.4 Å². The molecule has 1 unspecified atom stereocenters. The number of furan rings is 1. The lowest BCUT2D eigenvalue weighted by molar-refractivity contribution is -0.140. The molecule has 1 saturated heterocycles. The first-order chi connectivity index (χ1) is 15.4. The van der Waals surface area contributed by atoms with Crippen molar-refractivity contribution < 1.29 is 28.6 Å². The smallest absolute Gasteiger partial charge is 0.296 e. The quantitative estimate of drug-likeness (QED) is 0.356. The third-order valence-corrected chi connectivity index (χ3v) is 5.47. The summed E-state index contributed by atoms with van der Waals surface area (Å²) in [4.78, 5) is 27.6. The summed E-state index contributed by atoms with van der Waals surface area (Å²) in [5, 5.41) is 11.3. The van der Waals surface area contributed by atoms with Gasteiger partial charge in [-0.1, -0.05) is 29.8 Å². The van der Waals surface area contributed by atoms with Gasteiger partial charge >= 0.3 is 0 Å². The minimum atomic E-state index is -0.785. The van der Waals surface area contributed by atoms with Crippen molar-refractivity contribution in [2.45, 2.75) is 19.5 Å². The second-order valence-corrected chi connectivity index (χ2v) is 7.49. The van der Waals surface area contributed by atoms with Crippen molar-refractivity contribution in [1.82, 2.24) is 4.90 Å². The molecular formula is C25H23NO6. The molecule has 2 heterocycles. The van der Waals surface area contributed by atoms with E-state index in [2.05, 4.69) is 0 Å². The first kappa shape index (κ1) is 21.2. The SMILES string of the molecule is COc1ccc(/C(O)=C2/C(=O)C(=O)N(Cc3ccco3)C2c2cccc(C)c2)c(OC)c1. The summed E-state index contributed by atoms with van der Waals surface area (Å²) in [6, 6.07) is 15.0. The Bertz CT molecular complexity index is 1190. The molecule has 0 radical (unpaired) electrons. The van der Waals surface area contributed by atoms with E-state index in [0.717, 1.165) is 5.56 Å². The molecule has 4 rings (SSSR count). The summed E-state index contributed by atoms with van der Waals surface area (Å²) < 4.78 is 16.0. The van der Waals surface area contributed by atoms with Gasteiger partial charge in [-0.15, -0.1) is 0 Å². The molecule has 7 nitrogen and oxygen atoms in total. The number of likely N-dealkylation sites (tertiary alicyclic amines) is 1. The van der Waals surface area contributed by atoms with Crippen LogP contribution < -0.4 is 9.47 Å². The predicted octanol–water partition coefficient (Wildman–Crippen LogP) is 4.23. The van der Waals surface area contributed by atoms with E-state index in [1.807, 2.05) is 31.2 Å². The molecule has 1 N–H and O–H groups in total. The fraction of sp³-hybridized carbons (Fsp3) is 0.200. The molecule has 164 valence electrons. The lowest BCUT2D eigenvalue weighted by Crippen LogP contribution is -2.29. The van der Waals surface area contributed by atoms with Gasteiger partial charge in [0.25, 0.3) is 11.7 Å². The van der Waals surface area contributed by atoms with Gasteiger partial charge in [0.15, 0.2) is 0 Å². The zero-order valence-corrected chi connectivity index (χ0v) is 18.0. The van der Waals surface area contributed by atoms with E-state index in [9.17, 15) is 14.7 Å². The maximum atomic E-state index is 13.1. The number of methoxy groups -OCH3 is 2. The number of aliphatic hydroxyl groups is 1. The van der Waals surface area contributed by atoms with Gasteiger partial charge in [-0.05, 0) is 36.8 Å². The molecule has 1 aliphatic heterocycles. The van der Waals surface area contributed by atoms with Crippen LogP contribution in [0.4, 0.5) is 0 Å². The maximum Gasteiger partial charge on any atom is 0.296 e. The summed E-state index contributed by atoms with van der Waals surface area (Å²) in [6.45, 7) is 2.02. The maximum absolute atomic E-state index is 13.1. The highest BCUT2D eigenvalue weighted by molar-refractivity contribution is 6.46. The fourth-order valence-corrected chi connectivity index (χ4v) is 3.94. The lowest BCUT2D eigenvalue weighted by atomic mass is 9.94. The van der Waals surface area contributed by atoms with Crippen molar-refractivity contribution in [3.63, 3.8) is 0 Å². The highest BCUT2D eigenvalue weighted by Gasteiger charge is 2.46. The van der Waals surface area contributed by atoms with Crippen molar-refractivity contribution in [2.75, 3.05) is 14.2 Å². The minimum Gasteiger partial charge on any atom is -0.507 e. The van der Waals surface area contributed by atoms with Crippen molar-refractivity contribution in [3.05, 3.63) is 88.9 Å². The summed E-state index contributed by atoms with van der Waals surface area (Å²) in [7, 11) is 2.98. The summed E-state index contributed by atoms with van der Waals surface area (Å²) in [5.74, 6) is -0.391. The van der Waals surface area contributed by atoms with E-state index in [1.54, 1.807) is 30.3 Å². The highest BCUT2D eigenvalue weighted by Crippen LogP contribution is 2.42. The van der Waals surface area contributed by atoms with Gasteiger partial charge in [-0.2, -0.15) is 0 Å². The Labute approximate surface area is 185 Å². The second-order valence-electron chi connectivity index (χ2n) is 7.49. The standard InChI is InChI=1S/C25H23NO6/c1-15-6-4-7-16(12-15)22-21(23(27)19-10-9-17(30-2)13-20(19)31-3)24(28)25(29)26(22)14-18-8-5-11-32-18/h4-13,22,27H,14H2,1-3H3/b23-21-. The Morgan fingerprint density at radius 1 is 1.06 bits per heavy atom. The third kappa shape index (κ3) is 3.73. The van der Waals surface area contributed by atoms with Crippen molar-refractivity contribution in [3.8, 4) is 11.5 Å². The molecule has 0 bridgehead atoms. The largest absolute Gasteiger partial charge is 0.507 e. The van der Waals surface area contributed by atoms with Gasteiger partial charge in [0.1, 0.15) is 23.0 Å². The number of carbonyl (C=O) groups excluding carboxylic acids is 2. The molecule has 32 heavy (non-hydrogen) atoms. The zero-order chi connectivity index (χ0) is 22.8. The van der Waals surface area contributed by atoms with Crippen LogP contribution in [0.15, 0.2) is 70.9 Å². The highest BCUT2D eigenvalue weighted by atomic mass is 16.5. The number of hydrogen-bond acceptors (Lipinski definition) is 6. The average molecular weight is 433 g/mol. The third-order valence-electron chi connectivity index (χ3n) is 5.47. The van der Waals surface area contributed by atoms with Gasteiger partial charge in [-0.3, -0.25) is 9.59 Å². The van der Waals surface area contributed by atoms with Gasteiger partial charge in [0.2, 0.25) is 0 Å². The topological polar surface area (TPSA) is 89.2 Å². The first-order valence-corrected chi connectivity index (χ1v) is 10.0. The molecule has 7 heteroatoms. The first-order valence-electron chi connectivity index (χ1n) is 10.0. The monoisotopic (exact) mass is 433 g/mol. The molecule has 1 aliphatic rings. The second kappa shape index (κ2) is 8.63. The van der Waals surface area contributed by atoms with Gasteiger partial charge < -0.3 is 23.9 Å². The summed E-state index contributed by atoms with van der Waals surface area (Å²) >= 11 is 0. The van der Waals surface area contributed by atoms with E-state index < -0.39 is 17.7 Å². The van der Waals surface area contributed by atoms with Crippen LogP contribution >= 0.6 is 0 Å². The van der Waals surface area contributed by atoms with E-state index >= 15 is 0 Å². The lowest BCUT2D eigenvalue weighted by Gasteiger charge is -2.25. The minimum absolute atomic E-state index is 0.00405. The number of hydrogen-bond donors (Lipinski definition) is 1. The van der Waals surface area contributed by atoms with E-state index in [0.29, 0.717) is 28.4 Å². The number of amides is 1. The molecular weight excluding hydrogens is 410 g/mol. The molecule has 1 fully saturated rings. The fourth-order valence-electron chi connectivity index (χ4n) is 3.94. The van der Waals surface area contributed by atoms with Crippen LogP contribution in [0.1, 0.15) is 28.5 Å². The number of ketones is 1. The van der Waals surface area contributed by atoms with Crippen LogP contribution in [0.25, 0.3) is 5.76 Å². The Kier molecular flexibility index (Phi) is 5.73. The Balaban J connectivity index is 1.90. The van der Waals surface area contributed by atoms with Gasteiger partial charge in [-0.25, -0.2) is 0 Å². The Morgan fingerprint density at radius 3 is 2.53 bits per heavy atom. The normalized spacial score (nSPS) is 17.6. The average Bonchev–Trinajstić information content (AvgIpc) is 3.40. The molecule has 3 aromatic rings. The molecule has 1 atom stereocenters. The van der Waals surface area contributed by atoms with Crippen LogP contribution in [0, 0.1) is 6.92 Å². The zero-order valence-electron chi connectivity index (χ0n) is 18.0. The Hall–Kier alpha value is -4.00. The van der Waals surface area contributed by atoms with Crippen LogP contribution in [0.5, 0.6) is 11.5 Å². The van der Waals surface area contributed by atoms with Crippen LogP contribution in [-0.4, -0.2) is 35.9 Å². The molecule has 1 aromatic heterocycles. The van der Waals surface area contributed by atoms with Crippen LogP contribution in [0.3, 0.4) is 0 Å². The summed E-state index contributed by atoms with van der Waals surface area (Å²) in [6.07, 6.45) is 1.51. The number of aryl methyl sites for hydroxylation is 1. The molecule has 1 amide bonds.